The van der Waals surface area contributed by atoms with E-state index in [1.54, 1.807) is 0 Å². The zero-order chi connectivity index (χ0) is 24.1. The molecule has 0 bridgehead atoms. The van der Waals surface area contributed by atoms with Gasteiger partial charge in [-0.3, -0.25) is 4.79 Å². The Balaban J connectivity index is 1.21. The number of ether oxygens (including phenoxy) is 1. The fraction of sp³-hybridized carbons (Fsp3) is 0.267. The molecule has 1 saturated carbocycles. The molecule has 0 unspecified atom stereocenters. The van der Waals surface area contributed by atoms with E-state index in [9.17, 15) is 9.90 Å². The Hall–Kier alpha value is -3.86. The van der Waals surface area contributed by atoms with Crippen LogP contribution in [0.2, 0.25) is 0 Å². The van der Waals surface area contributed by atoms with Gasteiger partial charge in [0.15, 0.2) is 5.76 Å². The molecule has 5 heteroatoms. The summed E-state index contributed by atoms with van der Waals surface area (Å²) in [5, 5.41) is 9.56. The van der Waals surface area contributed by atoms with Crippen LogP contribution >= 0.6 is 0 Å². The summed E-state index contributed by atoms with van der Waals surface area (Å²) in [7, 11) is 0. The van der Waals surface area contributed by atoms with E-state index < -0.39 is 11.4 Å². The van der Waals surface area contributed by atoms with Crippen molar-refractivity contribution < 1.29 is 19.1 Å². The Morgan fingerprint density at radius 2 is 1.57 bits per heavy atom. The molecule has 0 spiro atoms. The Kier molecular flexibility index (Phi) is 6.66. The number of nitrogens with zero attached hydrogens (tertiary/aromatic N) is 1. The highest BCUT2D eigenvalue weighted by molar-refractivity contribution is 5.76. The fourth-order valence-electron chi connectivity index (χ4n) is 4.63. The molecular weight excluding hydrogens is 438 g/mol. The fourth-order valence-corrected chi connectivity index (χ4v) is 4.63. The van der Waals surface area contributed by atoms with Crippen molar-refractivity contribution >= 4 is 5.97 Å². The number of benzene rings is 3. The van der Waals surface area contributed by atoms with Crippen LogP contribution in [0.5, 0.6) is 5.75 Å². The Labute approximate surface area is 205 Å². The second kappa shape index (κ2) is 10.2. The zero-order valence-electron chi connectivity index (χ0n) is 19.7. The number of carboxylic acids is 1. The van der Waals surface area contributed by atoms with E-state index in [-0.39, 0.29) is 0 Å². The highest BCUT2D eigenvalue weighted by Gasteiger charge is 2.44. The van der Waals surface area contributed by atoms with Crippen molar-refractivity contribution in [3.05, 3.63) is 96.2 Å². The van der Waals surface area contributed by atoms with Crippen LogP contribution in [0.15, 0.2) is 89.3 Å². The van der Waals surface area contributed by atoms with Crippen LogP contribution in [0.3, 0.4) is 0 Å². The zero-order valence-corrected chi connectivity index (χ0v) is 19.7. The first-order valence-electron chi connectivity index (χ1n) is 12.2. The summed E-state index contributed by atoms with van der Waals surface area (Å²) in [5.41, 5.74) is 3.37. The summed E-state index contributed by atoms with van der Waals surface area (Å²) in [6, 6.07) is 27.8. The number of hydrogen-bond donors (Lipinski definition) is 1. The lowest BCUT2D eigenvalue weighted by Crippen LogP contribution is -2.39. The smallest absolute Gasteiger partial charge is 0.309 e. The lowest BCUT2D eigenvalue weighted by Gasteiger charge is -2.37. The second-order valence-corrected chi connectivity index (χ2v) is 9.24. The SMILES string of the molecule is O=C(O)C1(Cc2ccc(OCCCc3nc(-c4ccccc4)oc3-c3ccccc3)cc2)CCC1. The van der Waals surface area contributed by atoms with Crippen LogP contribution in [0, 0.1) is 5.41 Å². The van der Waals surface area contributed by atoms with Gasteiger partial charge in [-0.1, -0.05) is 67.1 Å². The molecule has 0 saturated heterocycles. The van der Waals surface area contributed by atoms with Crippen LogP contribution in [-0.2, 0) is 17.6 Å². The minimum absolute atomic E-state index is 0.556. The van der Waals surface area contributed by atoms with E-state index in [0.717, 1.165) is 66.0 Å². The van der Waals surface area contributed by atoms with Gasteiger partial charge in [-0.15, -0.1) is 0 Å². The van der Waals surface area contributed by atoms with Gasteiger partial charge in [-0.2, -0.15) is 0 Å². The number of carbonyl (C=O) groups is 1. The predicted molar refractivity (Wildman–Crippen MR) is 135 cm³/mol. The molecule has 0 aliphatic heterocycles. The van der Waals surface area contributed by atoms with Gasteiger partial charge in [-0.25, -0.2) is 4.98 Å². The number of hydrogen-bond acceptors (Lipinski definition) is 4. The van der Waals surface area contributed by atoms with Gasteiger partial charge in [0.05, 0.1) is 17.7 Å². The number of aromatic nitrogens is 1. The molecule has 0 atom stereocenters. The second-order valence-electron chi connectivity index (χ2n) is 9.24. The molecule has 3 aromatic carbocycles. The van der Waals surface area contributed by atoms with Gasteiger partial charge in [0.2, 0.25) is 5.89 Å². The van der Waals surface area contributed by atoms with Crippen molar-refractivity contribution in [3.8, 4) is 28.5 Å². The molecule has 35 heavy (non-hydrogen) atoms. The van der Waals surface area contributed by atoms with Gasteiger partial charge in [0, 0.05) is 11.1 Å². The standard InChI is InChI=1S/C30H29NO4/c32-29(33)30(18-8-19-30)21-22-14-16-25(17-15-22)34-20-7-13-26-27(23-9-3-1-4-10-23)35-28(31-26)24-11-5-2-6-12-24/h1-6,9-12,14-17H,7-8,13,18-21H2,(H,32,33). The summed E-state index contributed by atoms with van der Waals surface area (Å²) in [6.45, 7) is 0.556. The Bertz CT molecular complexity index is 1260. The highest BCUT2D eigenvalue weighted by Crippen LogP contribution is 2.44. The van der Waals surface area contributed by atoms with E-state index in [1.807, 2.05) is 84.9 Å². The molecule has 178 valence electrons. The number of oxazole rings is 1. The topological polar surface area (TPSA) is 72.6 Å². The third kappa shape index (κ3) is 5.14. The average molecular weight is 468 g/mol. The molecule has 0 radical (unpaired) electrons. The summed E-state index contributed by atoms with van der Waals surface area (Å²) < 4.78 is 12.2. The van der Waals surface area contributed by atoms with Gasteiger partial charge < -0.3 is 14.3 Å². The number of carboxylic acid groups (broad SMARTS) is 1. The molecule has 1 fully saturated rings. The third-order valence-electron chi connectivity index (χ3n) is 6.81. The minimum atomic E-state index is -0.678. The van der Waals surface area contributed by atoms with Crippen LogP contribution < -0.4 is 4.74 Å². The van der Waals surface area contributed by atoms with Gasteiger partial charge >= 0.3 is 5.97 Å². The van der Waals surface area contributed by atoms with E-state index in [4.69, 9.17) is 14.1 Å². The molecule has 1 N–H and O–H groups in total. The van der Waals surface area contributed by atoms with Crippen molar-refractivity contribution in [2.75, 3.05) is 6.61 Å². The quantitative estimate of drug-likeness (QED) is 0.259. The van der Waals surface area contributed by atoms with Crippen LogP contribution in [0.25, 0.3) is 22.8 Å². The summed E-state index contributed by atoms with van der Waals surface area (Å²) in [6.07, 6.45) is 4.64. The van der Waals surface area contributed by atoms with Crippen molar-refractivity contribution in [2.24, 2.45) is 5.41 Å². The van der Waals surface area contributed by atoms with E-state index >= 15 is 0 Å². The molecule has 1 heterocycles. The van der Waals surface area contributed by atoms with Crippen molar-refractivity contribution in [1.82, 2.24) is 4.98 Å². The first kappa shape index (κ1) is 22.9. The lowest BCUT2D eigenvalue weighted by atomic mass is 9.65. The Morgan fingerprint density at radius 1 is 0.914 bits per heavy atom. The number of aliphatic carboxylic acids is 1. The van der Waals surface area contributed by atoms with Crippen molar-refractivity contribution in [3.63, 3.8) is 0 Å². The maximum atomic E-state index is 11.6. The van der Waals surface area contributed by atoms with Gasteiger partial charge in [-0.05, 0) is 61.9 Å². The molecule has 4 aromatic rings. The Morgan fingerprint density at radius 3 is 2.17 bits per heavy atom. The maximum Gasteiger partial charge on any atom is 0.309 e. The first-order chi connectivity index (χ1) is 17.1. The van der Waals surface area contributed by atoms with Gasteiger partial charge in [0.1, 0.15) is 5.75 Å². The largest absolute Gasteiger partial charge is 0.494 e. The van der Waals surface area contributed by atoms with E-state index in [1.165, 1.54) is 0 Å². The van der Waals surface area contributed by atoms with Crippen LogP contribution in [0.4, 0.5) is 0 Å². The average Bonchev–Trinajstić information content (AvgIpc) is 3.30. The predicted octanol–water partition coefficient (Wildman–Crippen LogP) is 6.82. The van der Waals surface area contributed by atoms with Crippen LogP contribution in [-0.4, -0.2) is 22.7 Å². The molecule has 1 aromatic heterocycles. The summed E-state index contributed by atoms with van der Waals surface area (Å²) in [5.74, 6) is 1.54. The molecule has 5 rings (SSSR count). The van der Waals surface area contributed by atoms with Crippen molar-refractivity contribution in [1.29, 1.82) is 0 Å². The van der Waals surface area contributed by atoms with Gasteiger partial charge in [0.25, 0.3) is 0 Å². The normalized spacial score (nSPS) is 14.3. The molecular formula is C30H29NO4. The van der Waals surface area contributed by atoms with Crippen molar-refractivity contribution in [2.45, 2.75) is 38.5 Å². The maximum absolute atomic E-state index is 11.6. The first-order valence-corrected chi connectivity index (χ1v) is 12.2. The van der Waals surface area contributed by atoms with E-state index in [2.05, 4.69) is 0 Å². The lowest BCUT2D eigenvalue weighted by molar-refractivity contribution is -0.154. The monoisotopic (exact) mass is 467 g/mol. The third-order valence-corrected chi connectivity index (χ3v) is 6.81. The molecule has 1 aliphatic carbocycles. The summed E-state index contributed by atoms with van der Waals surface area (Å²) >= 11 is 0. The summed E-state index contributed by atoms with van der Waals surface area (Å²) in [4.78, 5) is 16.4. The number of aryl methyl sites for hydroxylation is 1. The van der Waals surface area contributed by atoms with Crippen LogP contribution in [0.1, 0.15) is 36.9 Å². The molecule has 0 amide bonds. The highest BCUT2D eigenvalue weighted by atomic mass is 16.5. The molecule has 5 nitrogen and oxygen atoms in total. The number of rotatable bonds is 10. The minimum Gasteiger partial charge on any atom is -0.494 e. The van der Waals surface area contributed by atoms with E-state index in [0.29, 0.717) is 18.9 Å². The molecule has 1 aliphatic rings.